The van der Waals surface area contributed by atoms with Gasteiger partial charge in [-0.2, -0.15) is 0 Å². The summed E-state index contributed by atoms with van der Waals surface area (Å²) < 4.78 is 5.48. The van der Waals surface area contributed by atoms with Gasteiger partial charge in [-0.3, -0.25) is 14.7 Å². The fraction of sp³-hybridized carbons (Fsp3) is 0.217. The van der Waals surface area contributed by atoms with E-state index in [2.05, 4.69) is 15.0 Å². The van der Waals surface area contributed by atoms with Gasteiger partial charge in [0.2, 0.25) is 0 Å². The number of hydrogen-bond acceptors (Lipinski definition) is 6. The highest BCUT2D eigenvalue weighted by Gasteiger charge is 2.24. The Labute approximate surface area is 182 Å². The van der Waals surface area contributed by atoms with Gasteiger partial charge < -0.3 is 9.40 Å². The lowest BCUT2D eigenvalue weighted by atomic mass is 10.1. The van der Waals surface area contributed by atoms with E-state index in [0.717, 1.165) is 16.8 Å². The minimum absolute atomic E-state index is 0.180. The van der Waals surface area contributed by atoms with E-state index in [1.54, 1.807) is 24.5 Å². The van der Waals surface area contributed by atoms with Gasteiger partial charge in [-0.15, -0.1) is 0 Å². The predicted octanol–water partition coefficient (Wildman–Crippen LogP) is 3.46. The van der Waals surface area contributed by atoms with E-state index in [-0.39, 0.29) is 5.56 Å². The summed E-state index contributed by atoms with van der Waals surface area (Å²) in [6.07, 6.45) is 3.94. The number of rotatable bonds is 3. The first kappa shape index (κ1) is 19.7. The Morgan fingerprint density at radius 2 is 2.13 bits per heavy atom. The normalized spacial score (nSPS) is 14.0. The summed E-state index contributed by atoms with van der Waals surface area (Å²) in [5, 5.41) is 1.12. The van der Waals surface area contributed by atoms with E-state index in [1.807, 2.05) is 30.0 Å². The second kappa shape index (κ2) is 7.76. The van der Waals surface area contributed by atoms with E-state index < -0.39 is 5.63 Å². The van der Waals surface area contributed by atoms with Gasteiger partial charge in [-0.25, -0.2) is 9.78 Å². The lowest BCUT2D eigenvalue weighted by Crippen LogP contribution is -2.36. The molecule has 31 heavy (non-hydrogen) atoms. The second-order valence-electron chi connectivity index (χ2n) is 7.72. The second-order valence-corrected chi connectivity index (χ2v) is 8.10. The molecule has 0 saturated heterocycles. The quantitative estimate of drug-likeness (QED) is 0.496. The fourth-order valence-electron chi connectivity index (χ4n) is 3.93. The molecule has 0 aliphatic carbocycles. The molecule has 1 aliphatic heterocycles. The first-order chi connectivity index (χ1) is 15.0. The summed E-state index contributed by atoms with van der Waals surface area (Å²) in [6, 6.07) is 9.20. The molecule has 4 heterocycles. The number of benzene rings is 1. The van der Waals surface area contributed by atoms with Crippen molar-refractivity contribution < 1.29 is 4.42 Å². The number of aromatic nitrogens is 3. The lowest BCUT2D eigenvalue weighted by molar-refractivity contribution is 0.239. The van der Waals surface area contributed by atoms with Crippen molar-refractivity contribution in [2.45, 2.75) is 26.4 Å². The van der Waals surface area contributed by atoms with E-state index in [4.69, 9.17) is 16.0 Å². The zero-order chi connectivity index (χ0) is 21.5. The van der Waals surface area contributed by atoms with Crippen LogP contribution in [0.4, 0.5) is 0 Å². The number of hydrogen-bond donors (Lipinski definition) is 1. The number of aromatic amines is 1. The lowest BCUT2D eigenvalue weighted by Gasteiger charge is -2.27. The van der Waals surface area contributed by atoms with Crippen molar-refractivity contribution >= 4 is 22.6 Å². The van der Waals surface area contributed by atoms with Gasteiger partial charge in [0.05, 0.1) is 21.8 Å². The largest absolute Gasteiger partial charge is 0.422 e. The molecule has 1 N–H and O–H groups in total. The van der Waals surface area contributed by atoms with Crippen LogP contribution in [-0.2, 0) is 19.5 Å². The maximum Gasteiger partial charge on any atom is 0.342 e. The van der Waals surface area contributed by atoms with Gasteiger partial charge in [0.1, 0.15) is 11.4 Å². The first-order valence-corrected chi connectivity index (χ1v) is 10.3. The Morgan fingerprint density at radius 3 is 2.94 bits per heavy atom. The summed E-state index contributed by atoms with van der Waals surface area (Å²) in [4.78, 5) is 38.9. The molecule has 0 fully saturated rings. The van der Waals surface area contributed by atoms with Crippen molar-refractivity contribution in [1.29, 1.82) is 0 Å². The van der Waals surface area contributed by atoms with Crippen molar-refractivity contribution in [2.75, 3.05) is 6.54 Å². The number of halogens is 1. The van der Waals surface area contributed by atoms with Crippen LogP contribution in [0.15, 0.2) is 56.7 Å². The van der Waals surface area contributed by atoms with Gasteiger partial charge in [0, 0.05) is 49.4 Å². The van der Waals surface area contributed by atoms with Crippen molar-refractivity contribution in [2.24, 2.45) is 0 Å². The Hall–Kier alpha value is -3.29. The van der Waals surface area contributed by atoms with Crippen LogP contribution < -0.4 is 11.2 Å². The number of nitrogens with zero attached hydrogens (tertiary/aromatic N) is 3. The third-order valence-corrected chi connectivity index (χ3v) is 5.98. The molecule has 4 aromatic rings. The third kappa shape index (κ3) is 3.66. The highest BCUT2D eigenvalue weighted by Crippen LogP contribution is 2.28. The highest BCUT2D eigenvalue weighted by molar-refractivity contribution is 6.36. The monoisotopic (exact) mass is 434 g/mol. The molecule has 5 rings (SSSR count). The van der Waals surface area contributed by atoms with Crippen LogP contribution in [0.5, 0.6) is 0 Å². The molecule has 1 aromatic carbocycles. The molecular formula is C23H19ClN4O3. The number of fused-ring (bicyclic) bond motifs is 2. The van der Waals surface area contributed by atoms with Crippen molar-refractivity contribution in [3.63, 3.8) is 0 Å². The van der Waals surface area contributed by atoms with Crippen LogP contribution in [-0.4, -0.2) is 26.4 Å². The van der Waals surface area contributed by atoms with E-state index in [0.29, 0.717) is 59.0 Å². The predicted molar refractivity (Wildman–Crippen MR) is 118 cm³/mol. The van der Waals surface area contributed by atoms with Crippen molar-refractivity contribution in [3.8, 4) is 11.4 Å². The van der Waals surface area contributed by atoms with Gasteiger partial charge in [-0.1, -0.05) is 23.2 Å². The number of H-pyrrole nitrogens is 1. The average Bonchev–Trinajstić information content (AvgIpc) is 2.78. The molecule has 0 atom stereocenters. The van der Waals surface area contributed by atoms with Crippen LogP contribution in [0.25, 0.3) is 22.4 Å². The standard InChI is InChI=1S/C23H19ClN4O3/c1-13-4-5-19-15(9-13)20(24)17(23(30)31-19)12-28-8-6-18-16(11-28)22(29)27-21(26-18)14-3-2-7-25-10-14/h2-5,7,9-10H,6,8,11-12H2,1H3,(H,26,27,29). The summed E-state index contributed by atoms with van der Waals surface area (Å²) in [6.45, 7) is 3.29. The minimum atomic E-state index is -0.453. The Balaban J connectivity index is 1.46. The van der Waals surface area contributed by atoms with Crippen LogP contribution in [0.3, 0.4) is 0 Å². The zero-order valence-corrected chi connectivity index (χ0v) is 17.6. The zero-order valence-electron chi connectivity index (χ0n) is 16.8. The minimum Gasteiger partial charge on any atom is -0.422 e. The number of aryl methyl sites for hydroxylation is 1. The molecule has 7 nitrogen and oxygen atoms in total. The molecule has 0 spiro atoms. The molecule has 0 unspecified atom stereocenters. The number of nitrogens with one attached hydrogen (secondary N) is 1. The SMILES string of the molecule is Cc1ccc2oc(=O)c(CN3CCc4nc(-c5cccnc5)[nH]c(=O)c4C3)c(Cl)c2c1. The van der Waals surface area contributed by atoms with E-state index >= 15 is 0 Å². The van der Waals surface area contributed by atoms with Gasteiger partial charge in [0.15, 0.2) is 0 Å². The summed E-state index contributed by atoms with van der Waals surface area (Å²) >= 11 is 6.59. The Morgan fingerprint density at radius 1 is 1.26 bits per heavy atom. The first-order valence-electron chi connectivity index (χ1n) is 9.96. The fourth-order valence-corrected chi connectivity index (χ4v) is 4.22. The Kier molecular flexibility index (Phi) is 4.92. The van der Waals surface area contributed by atoms with Crippen molar-refractivity contribution in [3.05, 3.63) is 90.9 Å². The maximum atomic E-state index is 12.8. The molecular weight excluding hydrogens is 416 g/mol. The molecule has 0 radical (unpaired) electrons. The van der Waals surface area contributed by atoms with Crippen molar-refractivity contribution in [1.82, 2.24) is 19.9 Å². The summed E-state index contributed by atoms with van der Waals surface area (Å²) in [5.41, 5.74) is 3.41. The van der Waals surface area contributed by atoms with Crippen LogP contribution in [0, 0.1) is 6.92 Å². The molecule has 0 amide bonds. The topological polar surface area (TPSA) is 92.1 Å². The molecule has 0 saturated carbocycles. The van der Waals surface area contributed by atoms with Crippen LogP contribution in [0.2, 0.25) is 5.02 Å². The van der Waals surface area contributed by atoms with Gasteiger partial charge >= 0.3 is 5.63 Å². The molecule has 0 bridgehead atoms. The smallest absolute Gasteiger partial charge is 0.342 e. The van der Waals surface area contributed by atoms with Crippen LogP contribution >= 0.6 is 11.6 Å². The highest BCUT2D eigenvalue weighted by atomic mass is 35.5. The van der Waals surface area contributed by atoms with E-state index in [1.165, 1.54) is 0 Å². The summed E-state index contributed by atoms with van der Waals surface area (Å²) in [7, 11) is 0. The maximum absolute atomic E-state index is 12.8. The van der Waals surface area contributed by atoms with Gasteiger partial charge in [-0.05, 0) is 31.2 Å². The summed E-state index contributed by atoms with van der Waals surface area (Å²) in [5.74, 6) is 0.513. The molecule has 3 aromatic heterocycles. The van der Waals surface area contributed by atoms with E-state index in [9.17, 15) is 9.59 Å². The average molecular weight is 435 g/mol. The molecule has 156 valence electrons. The molecule has 1 aliphatic rings. The Bertz CT molecular complexity index is 1410. The molecule has 8 heteroatoms. The van der Waals surface area contributed by atoms with Gasteiger partial charge in [0.25, 0.3) is 5.56 Å². The number of pyridine rings is 1. The van der Waals surface area contributed by atoms with Crippen LogP contribution in [0.1, 0.15) is 22.4 Å². The third-order valence-electron chi connectivity index (χ3n) is 5.55.